The molecule has 6 heteroatoms. The number of hydrogen-bond donors (Lipinski definition) is 1. The quantitative estimate of drug-likeness (QED) is 0.870. The molecule has 3 rings (SSSR count). The van der Waals surface area contributed by atoms with Crippen molar-refractivity contribution in [2.75, 3.05) is 5.32 Å². The number of nitriles is 1. The van der Waals surface area contributed by atoms with Gasteiger partial charge in [-0.25, -0.2) is 4.79 Å². The Hall–Kier alpha value is -2.03. The van der Waals surface area contributed by atoms with E-state index in [0.717, 1.165) is 4.57 Å². The molecule has 1 heterocycles. The molecule has 1 N–H and O–H groups in total. The predicted octanol–water partition coefficient (Wildman–Crippen LogP) is 0.556. The molecule has 6 nitrogen and oxygen atoms in total. The first kappa shape index (κ1) is 13.0. The van der Waals surface area contributed by atoms with Gasteiger partial charge in [0.25, 0.3) is 5.56 Å². The average molecular weight is 274 g/mol. The molecule has 0 aliphatic heterocycles. The fourth-order valence-electron chi connectivity index (χ4n) is 2.80. The largest absolute Gasteiger partial charge is 0.367 e. The van der Waals surface area contributed by atoms with Crippen LogP contribution in [0.2, 0.25) is 0 Å². The highest BCUT2D eigenvalue weighted by atomic mass is 16.2. The van der Waals surface area contributed by atoms with Gasteiger partial charge in [-0.1, -0.05) is 0 Å². The molecule has 2 aliphatic rings. The van der Waals surface area contributed by atoms with E-state index in [1.807, 2.05) is 6.07 Å². The van der Waals surface area contributed by atoms with Crippen LogP contribution < -0.4 is 16.6 Å². The molecule has 1 aromatic rings. The van der Waals surface area contributed by atoms with Gasteiger partial charge in [-0.3, -0.25) is 13.9 Å². The standard InChI is InChI=1S/C14H18N4O2/c1-17-12(10(7-15)13(19)18(2)14(17)20)16-11(8-3-4-8)9-5-6-9/h8-9,11,16H,3-6H2,1-2H3. The van der Waals surface area contributed by atoms with E-state index in [4.69, 9.17) is 0 Å². The average Bonchev–Trinajstić information content (AvgIpc) is 3.30. The van der Waals surface area contributed by atoms with E-state index in [1.165, 1.54) is 37.3 Å². The van der Waals surface area contributed by atoms with Gasteiger partial charge < -0.3 is 5.32 Å². The first-order valence-corrected chi connectivity index (χ1v) is 7.01. The monoisotopic (exact) mass is 274 g/mol. The summed E-state index contributed by atoms with van der Waals surface area (Å²) in [7, 11) is 3.00. The molecule has 0 aromatic carbocycles. The smallest absolute Gasteiger partial charge is 0.332 e. The summed E-state index contributed by atoms with van der Waals surface area (Å²) in [5.41, 5.74) is -0.897. The number of hydrogen-bond acceptors (Lipinski definition) is 4. The van der Waals surface area contributed by atoms with Crippen LogP contribution in [-0.2, 0) is 14.1 Å². The topological polar surface area (TPSA) is 79.8 Å². The fourth-order valence-corrected chi connectivity index (χ4v) is 2.80. The third-order valence-corrected chi connectivity index (χ3v) is 4.34. The van der Waals surface area contributed by atoms with Gasteiger partial charge in [0.15, 0.2) is 5.56 Å². The molecule has 0 bridgehead atoms. The lowest BCUT2D eigenvalue weighted by atomic mass is 10.1. The number of nitrogens with one attached hydrogen (secondary N) is 1. The minimum atomic E-state index is -0.525. The molecular weight excluding hydrogens is 256 g/mol. The van der Waals surface area contributed by atoms with Crippen LogP contribution in [0.15, 0.2) is 9.59 Å². The highest BCUT2D eigenvalue weighted by Gasteiger charge is 2.42. The van der Waals surface area contributed by atoms with Crippen molar-refractivity contribution in [1.29, 1.82) is 5.26 Å². The number of anilines is 1. The maximum Gasteiger partial charge on any atom is 0.332 e. The van der Waals surface area contributed by atoms with Gasteiger partial charge in [0, 0.05) is 20.1 Å². The number of nitrogens with zero attached hydrogens (tertiary/aromatic N) is 3. The lowest BCUT2D eigenvalue weighted by Gasteiger charge is -2.21. The minimum absolute atomic E-state index is 0.0286. The molecule has 2 aliphatic carbocycles. The summed E-state index contributed by atoms with van der Waals surface area (Å²) >= 11 is 0. The Labute approximate surface area is 116 Å². The summed E-state index contributed by atoms with van der Waals surface area (Å²) in [6, 6.07) is 2.23. The summed E-state index contributed by atoms with van der Waals surface area (Å²) in [4.78, 5) is 24.0. The van der Waals surface area contributed by atoms with Gasteiger partial charge in [0.1, 0.15) is 11.9 Å². The van der Waals surface area contributed by atoms with Crippen LogP contribution >= 0.6 is 0 Å². The van der Waals surface area contributed by atoms with E-state index in [0.29, 0.717) is 23.7 Å². The molecule has 0 unspecified atom stereocenters. The van der Waals surface area contributed by atoms with Crippen molar-refractivity contribution in [3.05, 3.63) is 26.4 Å². The van der Waals surface area contributed by atoms with Crippen molar-refractivity contribution in [3.63, 3.8) is 0 Å². The highest BCUT2D eigenvalue weighted by molar-refractivity contribution is 5.52. The third kappa shape index (κ3) is 2.03. The van der Waals surface area contributed by atoms with Crippen LogP contribution in [0.25, 0.3) is 0 Å². The molecule has 2 fully saturated rings. The van der Waals surface area contributed by atoms with Crippen molar-refractivity contribution in [3.8, 4) is 6.07 Å². The molecule has 0 spiro atoms. The van der Waals surface area contributed by atoms with Crippen molar-refractivity contribution in [2.24, 2.45) is 25.9 Å². The van der Waals surface area contributed by atoms with Crippen LogP contribution in [0.3, 0.4) is 0 Å². The van der Waals surface area contributed by atoms with Crippen LogP contribution in [0.4, 0.5) is 5.82 Å². The Balaban J connectivity index is 2.06. The van der Waals surface area contributed by atoms with Crippen LogP contribution in [0, 0.1) is 23.2 Å². The zero-order valence-corrected chi connectivity index (χ0v) is 11.7. The summed E-state index contributed by atoms with van der Waals surface area (Å²) in [5, 5.41) is 12.6. The Morgan fingerprint density at radius 1 is 1.15 bits per heavy atom. The van der Waals surface area contributed by atoms with Crippen LogP contribution in [0.1, 0.15) is 31.2 Å². The molecule has 20 heavy (non-hydrogen) atoms. The maximum atomic E-state index is 12.0. The van der Waals surface area contributed by atoms with Gasteiger partial charge in [-0.15, -0.1) is 0 Å². The van der Waals surface area contributed by atoms with E-state index >= 15 is 0 Å². The highest BCUT2D eigenvalue weighted by Crippen LogP contribution is 2.45. The molecule has 0 radical (unpaired) electrons. The van der Waals surface area contributed by atoms with E-state index in [9.17, 15) is 14.9 Å². The molecule has 1 aromatic heterocycles. The predicted molar refractivity (Wildman–Crippen MR) is 74.5 cm³/mol. The number of rotatable bonds is 4. The first-order valence-electron chi connectivity index (χ1n) is 7.01. The molecule has 106 valence electrons. The second-order valence-electron chi connectivity index (χ2n) is 5.89. The zero-order valence-electron chi connectivity index (χ0n) is 11.7. The van der Waals surface area contributed by atoms with E-state index in [-0.39, 0.29) is 5.56 Å². The lowest BCUT2D eigenvalue weighted by molar-refractivity contribution is 0.556. The van der Waals surface area contributed by atoms with E-state index in [2.05, 4.69) is 5.32 Å². The normalized spacial score (nSPS) is 18.1. The molecule has 0 amide bonds. The Kier molecular flexibility index (Phi) is 2.93. The van der Waals surface area contributed by atoms with E-state index in [1.54, 1.807) is 7.05 Å². The van der Waals surface area contributed by atoms with Crippen molar-refractivity contribution in [1.82, 2.24) is 9.13 Å². The van der Waals surface area contributed by atoms with Gasteiger partial charge in [-0.05, 0) is 37.5 Å². The van der Waals surface area contributed by atoms with Crippen molar-refractivity contribution < 1.29 is 0 Å². The summed E-state index contributed by atoms with van der Waals surface area (Å²) in [6.07, 6.45) is 4.76. The van der Waals surface area contributed by atoms with Crippen LogP contribution in [-0.4, -0.2) is 15.2 Å². The second kappa shape index (κ2) is 4.51. The molecular formula is C14H18N4O2. The van der Waals surface area contributed by atoms with Crippen LogP contribution in [0.5, 0.6) is 0 Å². The Bertz CT molecular complexity index is 690. The fraction of sp³-hybridized carbons (Fsp3) is 0.643. The molecule has 0 atom stereocenters. The lowest BCUT2D eigenvalue weighted by Crippen LogP contribution is -2.41. The summed E-state index contributed by atoms with van der Waals surface area (Å²) in [5.74, 6) is 1.62. The van der Waals surface area contributed by atoms with E-state index < -0.39 is 11.2 Å². The first-order chi connectivity index (χ1) is 9.54. The van der Waals surface area contributed by atoms with Crippen molar-refractivity contribution in [2.45, 2.75) is 31.7 Å². The zero-order chi connectivity index (χ0) is 14.4. The molecule has 0 saturated heterocycles. The SMILES string of the molecule is Cn1c(NC(C2CC2)C2CC2)c(C#N)c(=O)n(C)c1=O. The summed E-state index contributed by atoms with van der Waals surface area (Å²) < 4.78 is 2.35. The minimum Gasteiger partial charge on any atom is -0.367 e. The Morgan fingerprint density at radius 2 is 1.70 bits per heavy atom. The van der Waals surface area contributed by atoms with Gasteiger partial charge >= 0.3 is 5.69 Å². The van der Waals surface area contributed by atoms with Gasteiger partial charge in [0.2, 0.25) is 0 Å². The molecule has 2 saturated carbocycles. The maximum absolute atomic E-state index is 12.0. The second-order valence-corrected chi connectivity index (χ2v) is 5.89. The van der Waals surface area contributed by atoms with Gasteiger partial charge in [-0.2, -0.15) is 5.26 Å². The Morgan fingerprint density at radius 3 is 2.15 bits per heavy atom. The summed E-state index contributed by atoms with van der Waals surface area (Å²) in [6.45, 7) is 0. The number of aromatic nitrogens is 2. The van der Waals surface area contributed by atoms with Crippen molar-refractivity contribution >= 4 is 5.82 Å². The third-order valence-electron chi connectivity index (χ3n) is 4.34. The van der Waals surface area contributed by atoms with Gasteiger partial charge in [0.05, 0.1) is 0 Å².